The van der Waals surface area contributed by atoms with Crippen molar-refractivity contribution in [2.75, 3.05) is 26.9 Å². The van der Waals surface area contributed by atoms with E-state index < -0.39 is 0 Å². The summed E-state index contributed by atoms with van der Waals surface area (Å²) >= 11 is 0. The topological polar surface area (TPSA) is 56.8 Å². The molecular formula is C22H25NO4. The Morgan fingerprint density at radius 2 is 1.96 bits per heavy atom. The Morgan fingerprint density at radius 1 is 1.11 bits per heavy atom. The molecule has 2 aromatic rings. The largest absolute Gasteiger partial charge is 0.497 e. The van der Waals surface area contributed by atoms with Crippen molar-refractivity contribution in [1.82, 2.24) is 5.32 Å². The molecule has 2 aromatic carbocycles. The molecule has 27 heavy (non-hydrogen) atoms. The van der Waals surface area contributed by atoms with Crippen LogP contribution >= 0.6 is 0 Å². The highest BCUT2D eigenvalue weighted by Crippen LogP contribution is 2.49. The second-order valence-electron chi connectivity index (χ2n) is 6.92. The summed E-state index contributed by atoms with van der Waals surface area (Å²) < 4.78 is 17.3. The lowest BCUT2D eigenvalue weighted by atomic mass is 10.0. The molecule has 1 heterocycles. The Kier molecular flexibility index (Phi) is 5.03. The summed E-state index contributed by atoms with van der Waals surface area (Å²) in [6.07, 6.45) is 3.39. The van der Waals surface area contributed by atoms with Crippen LogP contribution in [0.5, 0.6) is 17.2 Å². The van der Waals surface area contributed by atoms with Gasteiger partial charge in [-0.25, -0.2) is 0 Å². The van der Waals surface area contributed by atoms with Crippen LogP contribution < -0.4 is 19.5 Å². The number of nitrogens with one attached hydrogen (secondary N) is 1. The summed E-state index contributed by atoms with van der Waals surface area (Å²) in [6.45, 7) is 4.16. The van der Waals surface area contributed by atoms with Crippen molar-refractivity contribution in [3.8, 4) is 28.4 Å². The fraction of sp³-hybridized carbons (Fsp3) is 0.409. The van der Waals surface area contributed by atoms with Crippen LogP contribution in [0.15, 0.2) is 30.3 Å². The monoisotopic (exact) mass is 367 g/mol. The maximum Gasteiger partial charge on any atom is 0.194 e. The predicted octanol–water partition coefficient (Wildman–Crippen LogP) is 3.83. The average Bonchev–Trinajstić information content (AvgIpc) is 3.30. The molecule has 0 saturated carbocycles. The van der Waals surface area contributed by atoms with Crippen LogP contribution in [0.3, 0.4) is 0 Å². The summed E-state index contributed by atoms with van der Waals surface area (Å²) in [4.78, 5) is 13.0. The van der Waals surface area contributed by atoms with Gasteiger partial charge in [0.25, 0.3) is 0 Å². The van der Waals surface area contributed by atoms with Crippen molar-refractivity contribution >= 4 is 5.78 Å². The van der Waals surface area contributed by atoms with E-state index in [0.717, 1.165) is 29.8 Å². The van der Waals surface area contributed by atoms with Crippen molar-refractivity contribution in [3.63, 3.8) is 0 Å². The third-order valence-corrected chi connectivity index (χ3v) is 5.26. The summed E-state index contributed by atoms with van der Waals surface area (Å²) in [7, 11) is 1.59. The summed E-state index contributed by atoms with van der Waals surface area (Å²) in [6, 6.07) is 9.81. The van der Waals surface area contributed by atoms with Gasteiger partial charge in [-0.2, -0.15) is 0 Å². The molecule has 0 amide bonds. The van der Waals surface area contributed by atoms with Gasteiger partial charge < -0.3 is 19.5 Å². The van der Waals surface area contributed by atoms with Crippen molar-refractivity contribution in [3.05, 3.63) is 41.5 Å². The molecular weight excluding hydrogens is 342 g/mol. The molecule has 0 aromatic heterocycles. The van der Waals surface area contributed by atoms with Crippen LogP contribution in [0.4, 0.5) is 0 Å². The van der Waals surface area contributed by atoms with E-state index in [1.54, 1.807) is 13.2 Å². The Labute approximate surface area is 159 Å². The first-order chi connectivity index (χ1) is 13.2. The lowest BCUT2D eigenvalue weighted by Gasteiger charge is -2.16. The molecule has 5 heteroatoms. The van der Waals surface area contributed by atoms with Gasteiger partial charge in [0.15, 0.2) is 5.78 Å². The SMILES string of the molecule is CCOc1cc(OC)cc2c1-c1c(OCCC3CCCN3)cccc1C2=O. The number of carbonyl (C=O) groups is 1. The standard InChI is InChI=1S/C22H25NO4/c1-3-26-19-13-15(25-2)12-17-21(19)20-16(22(17)24)7-4-8-18(20)27-11-9-14-6-5-10-23-14/h4,7-8,12-14,23H,3,5-6,9-11H2,1-2H3. The Morgan fingerprint density at radius 3 is 2.70 bits per heavy atom. The normalized spacial score (nSPS) is 17.6. The number of methoxy groups -OCH3 is 1. The average molecular weight is 367 g/mol. The molecule has 0 spiro atoms. The van der Waals surface area contributed by atoms with Crippen molar-refractivity contribution in [1.29, 1.82) is 0 Å². The minimum atomic E-state index is -0.0113. The number of ketones is 1. The molecule has 0 bridgehead atoms. The highest BCUT2D eigenvalue weighted by atomic mass is 16.5. The van der Waals surface area contributed by atoms with Crippen LogP contribution in [0.2, 0.25) is 0 Å². The highest BCUT2D eigenvalue weighted by Gasteiger charge is 2.33. The third kappa shape index (κ3) is 3.28. The Bertz CT molecular complexity index is 856. The molecule has 2 aliphatic rings. The van der Waals surface area contributed by atoms with Gasteiger partial charge in [0.05, 0.1) is 20.3 Å². The van der Waals surface area contributed by atoms with Crippen LogP contribution in [-0.2, 0) is 0 Å². The van der Waals surface area contributed by atoms with E-state index in [1.165, 1.54) is 12.8 Å². The lowest BCUT2D eigenvalue weighted by Crippen LogP contribution is -2.23. The number of carbonyl (C=O) groups excluding carboxylic acids is 1. The van der Waals surface area contributed by atoms with Crippen LogP contribution in [0, 0.1) is 0 Å². The molecule has 1 unspecified atom stereocenters. The first-order valence-corrected chi connectivity index (χ1v) is 9.62. The van der Waals surface area contributed by atoms with Gasteiger partial charge in [0.1, 0.15) is 17.2 Å². The van der Waals surface area contributed by atoms with Crippen molar-refractivity contribution in [2.24, 2.45) is 0 Å². The number of rotatable bonds is 7. The molecule has 1 N–H and O–H groups in total. The second-order valence-corrected chi connectivity index (χ2v) is 6.92. The summed E-state index contributed by atoms with van der Waals surface area (Å²) in [5, 5.41) is 3.49. The van der Waals surface area contributed by atoms with Crippen LogP contribution in [0.25, 0.3) is 11.1 Å². The van der Waals surface area contributed by atoms with E-state index >= 15 is 0 Å². The first-order valence-electron chi connectivity index (χ1n) is 9.62. The lowest BCUT2D eigenvalue weighted by molar-refractivity contribution is 0.104. The van der Waals surface area contributed by atoms with Crippen molar-refractivity contribution in [2.45, 2.75) is 32.2 Å². The van der Waals surface area contributed by atoms with E-state index in [1.807, 2.05) is 31.2 Å². The predicted molar refractivity (Wildman–Crippen MR) is 104 cm³/mol. The Hall–Kier alpha value is -2.53. The fourth-order valence-corrected chi connectivity index (χ4v) is 3.97. The van der Waals surface area contributed by atoms with E-state index in [-0.39, 0.29) is 5.78 Å². The number of benzene rings is 2. The first kappa shape index (κ1) is 17.9. The summed E-state index contributed by atoms with van der Waals surface area (Å²) in [5.74, 6) is 2.01. The van der Waals surface area contributed by atoms with Gasteiger partial charge in [-0.1, -0.05) is 12.1 Å². The smallest absolute Gasteiger partial charge is 0.194 e. The van der Waals surface area contributed by atoms with Crippen LogP contribution in [-0.4, -0.2) is 38.7 Å². The second kappa shape index (κ2) is 7.61. The molecule has 1 aliphatic carbocycles. The minimum Gasteiger partial charge on any atom is -0.497 e. The van der Waals surface area contributed by atoms with Gasteiger partial charge in [0.2, 0.25) is 0 Å². The molecule has 1 aliphatic heterocycles. The van der Waals surface area contributed by atoms with Gasteiger partial charge in [-0.15, -0.1) is 0 Å². The maximum absolute atomic E-state index is 13.0. The zero-order valence-corrected chi connectivity index (χ0v) is 15.8. The molecule has 142 valence electrons. The number of hydrogen-bond acceptors (Lipinski definition) is 5. The molecule has 1 fully saturated rings. The third-order valence-electron chi connectivity index (χ3n) is 5.26. The zero-order valence-electron chi connectivity index (χ0n) is 15.8. The van der Waals surface area contributed by atoms with E-state index in [9.17, 15) is 4.79 Å². The minimum absolute atomic E-state index is 0.0113. The van der Waals surface area contributed by atoms with Gasteiger partial charge in [0, 0.05) is 34.4 Å². The van der Waals surface area contributed by atoms with Crippen molar-refractivity contribution < 1.29 is 19.0 Å². The Balaban J connectivity index is 1.69. The molecule has 4 rings (SSSR count). The van der Waals surface area contributed by atoms with Gasteiger partial charge in [-0.05, 0) is 44.9 Å². The van der Waals surface area contributed by atoms with Crippen LogP contribution in [0.1, 0.15) is 42.1 Å². The zero-order chi connectivity index (χ0) is 18.8. The maximum atomic E-state index is 13.0. The highest BCUT2D eigenvalue weighted by molar-refractivity contribution is 6.23. The molecule has 1 saturated heterocycles. The quantitative estimate of drug-likeness (QED) is 0.688. The van der Waals surface area contributed by atoms with E-state index in [4.69, 9.17) is 14.2 Å². The molecule has 0 radical (unpaired) electrons. The van der Waals surface area contributed by atoms with E-state index in [2.05, 4.69) is 5.32 Å². The number of fused-ring (bicyclic) bond motifs is 3. The molecule has 1 atom stereocenters. The number of ether oxygens (including phenoxy) is 3. The summed E-state index contributed by atoms with van der Waals surface area (Å²) in [5.41, 5.74) is 2.92. The van der Waals surface area contributed by atoms with Gasteiger partial charge >= 0.3 is 0 Å². The van der Waals surface area contributed by atoms with E-state index in [0.29, 0.717) is 41.9 Å². The molecule has 5 nitrogen and oxygen atoms in total. The fourth-order valence-electron chi connectivity index (χ4n) is 3.97. The number of hydrogen-bond donors (Lipinski definition) is 1. The van der Waals surface area contributed by atoms with Gasteiger partial charge in [-0.3, -0.25) is 4.79 Å².